The predicted octanol–water partition coefficient (Wildman–Crippen LogP) is 6.32. The summed E-state index contributed by atoms with van der Waals surface area (Å²) in [5.41, 5.74) is 5.26. The fourth-order valence-electron chi connectivity index (χ4n) is 6.18. The molecule has 0 radical (unpaired) electrons. The van der Waals surface area contributed by atoms with Crippen LogP contribution in [-0.2, 0) is 0 Å². The number of benzene rings is 3. The van der Waals surface area contributed by atoms with Gasteiger partial charge in [-0.3, -0.25) is 9.36 Å². The second kappa shape index (κ2) is 11.7. The molecular formula is C35H33FN6O2. The van der Waals surface area contributed by atoms with E-state index in [1.54, 1.807) is 6.07 Å². The van der Waals surface area contributed by atoms with Crippen LogP contribution in [0.25, 0.3) is 33.3 Å². The topological polar surface area (TPSA) is 88.9 Å². The minimum Gasteiger partial charge on any atom is -0.493 e. The number of hydrogen-bond donors (Lipinski definition) is 1. The lowest BCUT2D eigenvalue weighted by Crippen LogP contribution is -2.29. The summed E-state index contributed by atoms with van der Waals surface area (Å²) in [6.45, 7) is 4.44. The third-order valence-corrected chi connectivity index (χ3v) is 8.54. The largest absolute Gasteiger partial charge is 0.493 e. The molecule has 3 aromatic carbocycles. The van der Waals surface area contributed by atoms with Gasteiger partial charge < -0.3 is 14.6 Å². The van der Waals surface area contributed by atoms with E-state index in [9.17, 15) is 9.18 Å². The Hall–Kier alpha value is -4.89. The van der Waals surface area contributed by atoms with Gasteiger partial charge in [0.1, 0.15) is 23.4 Å². The summed E-state index contributed by atoms with van der Waals surface area (Å²) in [5, 5.41) is 0. The summed E-state index contributed by atoms with van der Waals surface area (Å²) in [7, 11) is 2.17. The second-order valence-electron chi connectivity index (χ2n) is 11.4. The molecule has 0 aliphatic carbocycles. The highest BCUT2D eigenvalue weighted by Crippen LogP contribution is 2.34. The highest BCUT2D eigenvalue weighted by Gasteiger charge is 2.27. The molecule has 7 rings (SSSR count). The van der Waals surface area contributed by atoms with Crippen molar-refractivity contribution in [3.63, 3.8) is 0 Å². The Morgan fingerprint density at radius 2 is 1.77 bits per heavy atom. The van der Waals surface area contributed by atoms with Gasteiger partial charge in [0.2, 0.25) is 0 Å². The fraction of sp³-hybridized carbons (Fsp3) is 0.257. The third-order valence-electron chi connectivity index (χ3n) is 8.54. The number of likely N-dealkylation sites (tertiary alicyclic amines) is 1. The Labute approximate surface area is 254 Å². The molecule has 44 heavy (non-hydrogen) atoms. The molecule has 4 heterocycles. The van der Waals surface area contributed by atoms with E-state index in [-0.39, 0.29) is 11.1 Å². The first-order valence-corrected chi connectivity index (χ1v) is 15.0. The molecule has 1 fully saturated rings. The lowest BCUT2D eigenvalue weighted by molar-refractivity contribution is 0.255. The molecule has 6 aromatic rings. The molecule has 0 amide bonds. The zero-order valence-corrected chi connectivity index (χ0v) is 24.7. The van der Waals surface area contributed by atoms with E-state index in [0.717, 1.165) is 42.5 Å². The van der Waals surface area contributed by atoms with Gasteiger partial charge in [0.05, 0.1) is 35.2 Å². The maximum Gasteiger partial charge on any atom is 0.280 e. The third kappa shape index (κ3) is 5.24. The molecular weight excluding hydrogens is 555 g/mol. The number of para-hydroxylation sites is 2. The van der Waals surface area contributed by atoms with E-state index in [1.165, 1.54) is 28.6 Å². The van der Waals surface area contributed by atoms with Crippen molar-refractivity contribution in [3.05, 3.63) is 118 Å². The van der Waals surface area contributed by atoms with Crippen molar-refractivity contribution in [1.82, 2.24) is 29.4 Å². The van der Waals surface area contributed by atoms with Crippen molar-refractivity contribution in [1.29, 1.82) is 0 Å². The molecule has 1 atom stereocenters. The van der Waals surface area contributed by atoms with E-state index in [0.29, 0.717) is 40.9 Å². The van der Waals surface area contributed by atoms with Crippen LogP contribution in [0.2, 0.25) is 0 Å². The van der Waals surface area contributed by atoms with Crippen molar-refractivity contribution in [2.24, 2.45) is 0 Å². The molecule has 1 aliphatic heterocycles. The van der Waals surface area contributed by atoms with Gasteiger partial charge in [0.15, 0.2) is 5.52 Å². The molecule has 1 saturated heterocycles. The van der Waals surface area contributed by atoms with Crippen LogP contribution >= 0.6 is 0 Å². The van der Waals surface area contributed by atoms with Crippen LogP contribution in [0.3, 0.4) is 0 Å². The summed E-state index contributed by atoms with van der Waals surface area (Å²) in [4.78, 5) is 34.1. The SMILES string of the molecule is CCOc1ccc(F)cc1C(c1nc2ccccc2[nH]1)n1cnc2ccc(-c3ccc(C4CCN(C)CC4)cc3)nc2c1=O. The number of imidazole rings is 1. The molecule has 0 spiro atoms. The van der Waals surface area contributed by atoms with Gasteiger partial charge in [0.25, 0.3) is 5.56 Å². The number of piperidine rings is 1. The van der Waals surface area contributed by atoms with Crippen LogP contribution in [0.15, 0.2) is 90.0 Å². The van der Waals surface area contributed by atoms with Gasteiger partial charge in [-0.25, -0.2) is 19.3 Å². The summed E-state index contributed by atoms with van der Waals surface area (Å²) in [6.07, 6.45) is 3.77. The first-order valence-electron chi connectivity index (χ1n) is 15.0. The van der Waals surface area contributed by atoms with Gasteiger partial charge in [-0.05, 0) is 93.8 Å². The van der Waals surface area contributed by atoms with Crippen LogP contribution in [-0.4, -0.2) is 56.1 Å². The first-order chi connectivity index (χ1) is 21.5. The van der Waals surface area contributed by atoms with E-state index >= 15 is 0 Å². The molecule has 0 saturated carbocycles. The van der Waals surface area contributed by atoms with Crippen LogP contribution in [0.4, 0.5) is 4.39 Å². The summed E-state index contributed by atoms with van der Waals surface area (Å²) in [5.74, 6) is 1.02. The standard InChI is InChI=1S/C35H33FN6O2/c1-3-44-31-15-12-25(36)20-26(31)33(34-39-28-6-4-5-7-29(28)40-34)42-21-37-30-14-13-27(38-32(30)35(42)43)24-10-8-22(9-11-24)23-16-18-41(2)19-17-23/h4-15,20-21,23,33H,3,16-19H2,1-2H3,(H,39,40). The van der Waals surface area contributed by atoms with Gasteiger partial charge in [-0.1, -0.05) is 36.4 Å². The molecule has 0 bridgehead atoms. The molecule has 1 aliphatic rings. The van der Waals surface area contributed by atoms with Crippen LogP contribution in [0, 0.1) is 5.82 Å². The normalized spacial score (nSPS) is 15.2. The quantitative estimate of drug-likeness (QED) is 0.235. The number of pyridine rings is 1. The van der Waals surface area contributed by atoms with Crippen molar-refractivity contribution < 1.29 is 9.13 Å². The van der Waals surface area contributed by atoms with Gasteiger partial charge in [-0.2, -0.15) is 0 Å². The number of H-pyrrole nitrogens is 1. The Morgan fingerprint density at radius 1 is 0.977 bits per heavy atom. The van der Waals surface area contributed by atoms with Gasteiger partial charge >= 0.3 is 0 Å². The van der Waals surface area contributed by atoms with Crippen molar-refractivity contribution >= 4 is 22.1 Å². The average molecular weight is 589 g/mol. The molecule has 222 valence electrons. The molecule has 1 N–H and O–H groups in total. The Bertz CT molecular complexity index is 1980. The van der Waals surface area contributed by atoms with E-state index in [1.807, 2.05) is 43.3 Å². The number of aromatic amines is 1. The minimum absolute atomic E-state index is 0.222. The smallest absolute Gasteiger partial charge is 0.280 e. The average Bonchev–Trinajstić information content (AvgIpc) is 3.48. The number of rotatable bonds is 7. The zero-order valence-electron chi connectivity index (χ0n) is 24.7. The van der Waals surface area contributed by atoms with Crippen molar-refractivity contribution in [2.75, 3.05) is 26.7 Å². The van der Waals surface area contributed by atoms with Crippen LogP contribution in [0.5, 0.6) is 5.75 Å². The van der Waals surface area contributed by atoms with Crippen LogP contribution in [0.1, 0.15) is 48.7 Å². The number of halogens is 1. The maximum atomic E-state index is 14.7. The van der Waals surface area contributed by atoms with Gasteiger partial charge in [0, 0.05) is 11.1 Å². The van der Waals surface area contributed by atoms with Crippen LogP contribution < -0.4 is 10.3 Å². The summed E-state index contributed by atoms with van der Waals surface area (Å²) in [6, 6.07) is 23.3. The minimum atomic E-state index is -0.844. The number of nitrogens with one attached hydrogen (secondary N) is 1. The van der Waals surface area contributed by atoms with Gasteiger partial charge in [-0.15, -0.1) is 0 Å². The summed E-state index contributed by atoms with van der Waals surface area (Å²) < 4.78 is 22.1. The molecule has 1 unspecified atom stereocenters. The second-order valence-corrected chi connectivity index (χ2v) is 11.4. The highest BCUT2D eigenvalue weighted by molar-refractivity contribution is 5.77. The fourth-order valence-corrected chi connectivity index (χ4v) is 6.18. The lowest BCUT2D eigenvalue weighted by Gasteiger charge is -2.29. The Morgan fingerprint density at radius 3 is 2.55 bits per heavy atom. The molecule has 8 nitrogen and oxygen atoms in total. The zero-order chi connectivity index (χ0) is 30.2. The Balaban J connectivity index is 1.33. The number of fused-ring (bicyclic) bond motifs is 2. The monoisotopic (exact) mass is 588 g/mol. The molecule has 3 aromatic heterocycles. The summed E-state index contributed by atoms with van der Waals surface area (Å²) >= 11 is 0. The number of nitrogens with zero attached hydrogens (tertiary/aromatic N) is 5. The van der Waals surface area contributed by atoms with E-state index < -0.39 is 11.9 Å². The number of ether oxygens (including phenoxy) is 1. The van der Waals surface area contributed by atoms with E-state index in [4.69, 9.17) is 14.7 Å². The van der Waals surface area contributed by atoms with Crippen molar-refractivity contribution in [3.8, 4) is 17.0 Å². The predicted molar refractivity (Wildman–Crippen MR) is 170 cm³/mol. The molecule has 9 heteroatoms. The first kappa shape index (κ1) is 27.9. The van der Waals surface area contributed by atoms with Crippen molar-refractivity contribution in [2.45, 2.75) is 31.7 Å². The maximum absolute atomic E-state index is 14.7. The highest BCUT2D eigenvalue weighted by atomic mass is 19.1. The number of hydrogen-bond acceptors (Lipinski definition) is 6. The Kier molecular flexibility index (Phi) is 7.39. The lowest BCUT2D eigenvalue weighted by atomic mass is 9.89. The van der Waals surface area contributed by atoms with E-state index in [2.05, 4.69) is 46.2 Å². The number of aromatic nitrogens is 5.